The van der Waals surface area contributed by atoms with E-state index in [-0.39, 0.29) is 16.3 Å². The Balaban J connectivity index is 2.07. The van der Waals surface area contributed by atoms with E-state index < -0.39 is 28.3 Å². The number of halogens is 1. The lowest BCUT2D eigenvalue weighted by Crippen LogP contribution is -2.40. The molecule has 0 fully saturated rings. The molecule has 0 saturated carbocycles. The number of rotatable bonds is 5. The van der Waals surface area contributed by atoms with Gasteiger partial charge in [-0.15, -0.1) is 0 Å². The average molecular weight is 380 g/mol. The molecule has 0 spiro atoms. The molecule has 0 atom stereocenters. The number of benzene rings is 2. The van der Waals surface area contributed by atoms with Crippen LogP contribution in [0.25, 0.3) is 0 Å². The second-order valence-electron chi connectivity index (χ2n) is 5.44. The fourth-order valence-corrected chi connectivity index (χ4v) is 3.92. The summed E-state index contributed by atoms with van der Waals surface area (Å²) in [5.41, 5.74) is -0.217. The molecule has 138 valence electrons. The number of fused-ring (bicyclic) bond motifs is 1. The van der Waals surface area contributed by atoms with E-state index in [4.69, 9.17) is 9.47 Å². The maximum atomic E-state index is 14.2. The zero-order chi connectivity index (χ0) is 18.7. The molecule has 0 bridgehead atoms. The quantitative estimate of drug-likeness (QED) is 0.851. The first-order chi connectivity index (χ1) is 12.4. The Kier molecular flexibility index (Phi) is 4.99. The minimum absolute atomic E-state index is 0.131. The highest BCUT2D eigenvalue weighted by molar-refractivity contribution is 7.92. The van der Waals surface area contributed by atoms with Crippen molar-refractivity contribution in [1.29, 1.82) is 0 Å². The van der Waals surface area contributed by atoms with Crippen molar-refractivity contribution in [3.05, 3.63) is 48.3 Å². The first kappa shape index (κ1) is 18.0. The summed E-state index contributed by atoms with van der Waals surface area (Å²) in [4.78, 5) is 11.7. The molecule has 1 N–H and O–H groups in total. The van der Waals surface area contributed by atoms with E-state index in [1.54, 1.807) is 0 Å². The number of amides is 1. The van der Waals surface area contributed by atoms with Crippen LogP contribution >= 0.6 is 0 Å². The number of carbonyl (C=O) groups excluding carboxylic acids is 1. The van der Waals surface area contributed by atoms with Crippen molar-refractivity contribution in [2.45, 2.75) is 4.90 Å². The van der Waals surface area contributed by atoms with Gasteiger partial charge < -0.3 is 14.8 Å². The summed E-state index contributed by atoms with van der Waals surface area (Å²) in [6.07, 6.45) is 0. The maximum Gasteiger partial charge on any atom is 0.265 e. The number of ether oxygens (including phenoxy) is 2. The van der Waals surface area contributed by atoms with Crippen LogP contribution < -0.4 is 19.1 Å². The van der Waals surface area contributed by atoms with E-state index in [2.05, 4.69) is 5.32 Å². The molecule has 7 nitrogen and oxygen atoms in total. The van der Waals surface area contributed by atoms with Gasteiger partial charge in [0.05, 0.1) is 10.6 Å². The number of likely N-dealkylation sites (N-methyl/N-ethyl adjacent to an activating group) is 1. The lowest BCUT2D eigenvalue weighted by Gasteiger charge is -2.25. The van der Waals surface area contributed by atoms with Gasteiger partial charge in [0.15, 0.2) is 11.5 Å². The van der Waals surface area contributed by atoms with Crippen LogP contribution in [0.5, 0.6) is 11.5 Å². The number of nitrogens with one attached hydrogen (secondary N) is 1. The molecule has 0 aliphatic carbocycles. The third-order valence-corrected chi connectivity index (χ3v) is 5.54. The van der Waals surface area contributed by atoms with Gasteiger partial charge in [-0.3, -0.25) is 9.10 Å². The number of sulfonamides is 1. The molecule has 3 rings (SSSR count). The molecule has 26 heavy (non-hydrogen) atoms. The largest absolute Gasteiger partial charge is 0.486 e. The first-order valence-corrected chi connectivity index (χ1v) is 9.25. The molecule has 1 heterocycles. The molecule has 0 saturated heterocycles. The van der Waals surface area contributed by atoms with Crippen molar-refractivity contribution in [2.24, 2.45) is 0 Å². The topological polar surface area (TPSA) is 84.9 Å². The molecule has 1 aliphatic heterocycles. The van der Waals surface area contributed by atoms with E-state index in [1.807, 2.05) is 0 Å². The fraction of sp³-hybridized carbons (Fsp3) is 0.235. The smallest absolute Gasteiger partial charge is 0.265 e. The van der Waals surface area contributed by atoms with Crippen molar-refractivity contribution in [1.82, 2.24) is 5.32 Å². The number of nitrogens with zero attached hydrogens (tertiary/aromatic N) is 1. The lowest BCUT2D eigenvalue weighted by molar-refractivity contribution is -0.119. The minimum atomic E-state index is -4.22. The van der Waals surface area contributed by atoms with Gasteiger partial charge in [0.25, 0.3) is 10.0 Å². The Bertz CT molecular complexity index is 933. The molecule has 9 heteroatoms. The molecule has 0 radical (unpaired) electrons. The van der Waals surface area contributed by atoms with Crippen LogP contribution in [-0.2, 0) is 14.8 Å². The monoisotopic (exact) mass is 380 g/mol. The minimum Gasteiger partial charge on any atom is -0.486 e. The Morgan fingerprint density at radius 1 is 1.15 bits per heavy atom. The van der Waals surface area contributed by atoms with Crippen LogP contribution in [0.4, 0.5) is 10.1 Å². The SMILES string of the molecule is CNC(=O)CN(c1ccccc1F)S(=O)(=O)c1ccc2c(c1)OCCO2. The summed E-state index contributed by atoms with van der Waals surface area (Å²) in [6.45, 7) is 0.108. The van der Waals surface area contributed by atoms with Gasteiger partial charge in [0.2, 0.25) is 5.91 Å². The van der Waals surface area contributed by atoms with Crippen LogP contribution in [0, 0.1) is 5.82 Å². The van der Waals surface area contributed by atoms with E-state index >= 15 is 0 Å². The third-order valence-electron chi connectivity index (χ3n) is 3.79. The summed E-state index contributed by atoms with van der Waals surface area (Å²) < 4.78 is 52.0. The predicted molar refractivity (Wildman–Crippen MR) is 92.4 cm³/mol. The second kappa shape index (κ2) is 7.20. The third kappa shape index (κ3) is 3.43. The van der Waals surface area contributed by atoms with Crippen molar-refractivity contribution < 1.29 is 27.1 Å². The summed E-state index contributed by atoms with van der Waals surface area (Å²) >= 11 is 0. The molecule has 1 amide bonds. The van der Waals surface area contributed by atoms with Gasteiger partial charge in [-0.1, -0.05) is 12.1 Å². The van der Waals surface area contributed by atoms with E-state index in [0.717, 1.165) is 10.4 Å². The van der Waals surface area contributed by atoms with Crippen molar-refractivity contribution in [3.63, 3.8) is 0 Å². The highest BCUT2D eigenvalue weighted by Gasteiger charge is 2.30. The number of hydrogen-bond acceptors (Lipinski definition) is 5. The summed E-state index contributed by atoms with van der Waals surface area (Å²) in [6, 6.07) is 9.48. The van der Waals surface area contributed by atoms with Crippen LogP contribution in [0.2, 0.25) is 0 Å². The van der Waals surface area contributed by atoms with Crippen molar-refractivity contribution in [3.8, 4) is 11.5 Å². The molecule has 0 unspecified atom stereocenters. The summed E-state index contributed by atoms with van der Waals surface area (Å²) in [5, 5.41) is 2.35. The zero-order valence-corrected chi connectivity index (χ0v) is 14.8. The lowest BCUT2D eigenvalue weighted by atomic mass is 10.3. The highest BCUT2D eigenvalue weighted by Crippen LogP contribution is 2.34. The Hall–Kier alpha value is -2.81. The van der Waals surface area contributed by atoms with Crippen LogP contribution in [0.15, 0.2) is 47.4 Å². The standard InChI is InChI=1S/C17H17FN2O5S/c1-19-17(21)11-20(14-5-3-2-4-13(14)18)26(22,23)12-6-7-15-16(10-12)25-9-8-24-15/h2-7,10H,8-9,11H2,1H3,(H,19,21). The molecule has 1 aliphatic rings. The number of hydrogen-bond donors (Lipinski definition) is 1. The molecule has 0 aromatic heterocycles. The molecular weight excluding hydrogens is 363 g/mol. The maximum absolute atomic E-state index is 14.2. The van der Waals surface area contributed by atoms with Gasteiger partial charge in [-0.2, -0.15) is 0 Å². The van der Waals surface area contributed by atoms with Gasteiger partial charge in [0, 0.05) is 13.1 Å². The Labute approximate surface area is 150 Å². The first-order valence-electron chi connectivity index (χ1n) is 7.81. The normalized spacial score (nSPS) is 13.2. The fourth-order valence-electron chi connectivity index (χ4n) is 2.47. The van der Waals surface area contributed by atoms with E-state index in [9.17, 15) is 17.6 Å². The summed E-state index contributed by atoms with van der Waals surface area (Å²) in [7, 11) is -2.84. The van der Waals surface area contributed by atoms with Gasteiger partial charge in [-0.05, 0) is 24.3 Å². The predicted octanol–water partition coefficient (Wildman–Crippen LogP) is 1.54. The summed E-state index contributed by atoms with van der Waals surface area (Å²) in [5.74, 6) is -0.614. The Morgan fingerprint density at radius 3 is 2.54 bits per heavy atom. The van der Waals surface area contributed by atoms with E-state index in [0.29, 0.717) is 19.0 Å². The Morgan fingerprint density at radius 2 is 1.85 bits per heavy atom. The van der Waals surface area contributed by atoms with Crippen molar-refractivity contribution in [2.75, 3.05) is 31.1 Å². The number of carbonyl (C=O) groups is 1. The zero-order valence-electron chi connectivity index (χ0n) is 13.9. The van der Waals surface area contributed by atoms with Gasteiger partial charge in [0.1, 0.15) is 25.6 Å². The van der Waals surface area contributed by atoms with E-state index in [1.165, 1.54) is 43.4 Å². The van der Waals surface area contributed by atoms with Gasteiger partial charge >= 0.3 is 0 Å². The van der Waals surface area contributed by atoms with Crippen molar-refractivity contribution >= 4 is 21.6 Å². The van der Waals surface area contributed by atoms with Crippen LogP contribution in [-0.4, -0.2) is 41.1 Å². The van der Waals surface area contributed by atoms with Crippen LogP contribution in [0.1, 0.15) is 0 Å². The molecule has 2 aromatic carbocycles. The van der Waals surface area contributed by atoms with Gasteiger partial charge in [-0.25, -0.2) is 12.8 Å². The molecule has 2 aromatic rings. The molecular formula is C17H17FN2O5S. The van der Waals surface area contributed by atoms with Crippen LogP contribution in [0.3, 0.4) is 0 Å². The number of para-hydroxylation sites is 1. The second-order valence-corrected chi connectivity index (χ2v) is 7.30. The number of anilines is 1. The average Bonchev–Trinajstić information content (AvgIpc) is 2.66. The highest BCUT2D eigenvalue weighted by atomic mass is 32.2.